The number of aliphatic imine (C=N–C) groups is 1. The van der Waals surface area contributed by atoms with Gasteiger partial charge in [-0.25, -0.2) is 48.3 Å². The number of nitrogens with zero attached hydrogens (tertiary/aromatic N) is 1. The van der Waals surface area contributed by atoms with Gasteiger partial charge in [0.2, 0.25) is 17.5 Å². The molecule has 3 N–H and O–H groups in total. The van der Waals surface area contributed by atoms with Crippen LogP contribution < -0.4 is 21.4 Å². The van der Waals surface area contributed by atoms with E-state index in [0.717, 1.165) is 76.3 Å². The zero-order valence-electron chi connectivity index (χ0n) is 47.7. The number of benzene rings is 5. The van der Waals surface area contributed by atoms with Gasteiger partial charge in [0, 0.05) is 5.57 Å². The van der Waals surface area contributed by atoms with Gasteiger partial charge in [0.1, 0.15) is 0 Å². The molecule has 14 bridgehead atoms. The Morgan fingerprint density at radius 1 is 0.308 bits per heavy atom. The number of H-pyrrole nitrogens is 3. The quantitative estimate of drug-likeness (QED) is 0.0666. The maximum atomic E-state index is 16.6. The summed E-state index contributed by atoms with van der Waals surface area (Å²) < 4.78 is 240. The minimum absolute atomic E-state index is 0.247. The van der Waals surface area contributed by atoms with E-state index in [1.54, 1.807) is 0 Å². The van der Waals surface area contributed by atoms with E-state index < -0.39 is 143 Å². The first kappa shape index (κ1) is 60.8. The Morgan fingerprint density at radius 2 is 0.626 bits per heavy atom. The van der Waals surface area contributed by atoms with Gasteiger partial charge in [-0.3, -0.25) is 0 Å². The van der Waals surface area contributed by atoms with Gasteiger partial charge in [-0.15, -0.1) is 0 Å². The SMILES string of the molecule is Cc1cc(C)c(/C2=c3\cc/c([nH]3)=C(\c3c(F)c(F)c(F)c(F)c3F)C3=N/C(=C(\c4c(F)c(F)c(F)c(F)c4F)c4ccc([nH]4)/C(c4c(F)c(F)c(F)c(F)c4F)=c4/cc/c([nH]4)=C(\c4c(C)cc(C)cc4C)c4ccc(s4)-c4ccc([se]4)-c4ccc2s4)C=C3)c(C)c1. The van der Waals surface area contributed by atoms with Crippen molar-refractivity contribution in [3.63, 3.8) is 0 Å². The van der Waals surface area contributed by atoms with Gasteiger partial charge in [-0.1, -0.05) is 0 Å². The summed E-state index contributed by atoms with van der Waals surface area (Å²) in [7, 11) is 0. The van der Waals surface area contributed by atoms with E-state index in [2.05, 4.69) is 19.9 Å². The number of nitrogens with one attached hydrogen (secondary N) is 3. The monoisotopic (exact) mass is 1350 g/mol. The Hall–Kier alpha value is -9.08. The van der Waals surface area contributed by atoms with Gasteiger partial charge >= 0.3 is 422 Å². The third kappa shape index (κ3) is 9.87. The van der Waals surface area contributed by atoms with E-state index in [1.807, 2.05) is 102 Å². The fourth-order valence-corrected chi connectivity index (χ4v) is 16.8. The fourth-order valence-electron chi connectivity index (χ4n) is 12.1. The summed E-state index contributed by atoms with van der Waals surface area (Å²) in [4.78, 5) is 16.3. The van der Waals surface area contributed by atoms with Crippen molar-refractivity contribution in [2.24, 2.45) is 4.99 Å². The number of hydrogen-bond donors (Lipinski definition) is 3. The summed E-state index contributed by atoms with van der Waals surface area (Å²) in [5, 5.41) is -0.209. The van der Waals surface area contributed by atoms with Crippen molar-refractivity contribution in [2.75, 3.05) is 0 Å². The van der Waals surface area contributed by atoms with Gasteiger partial charge in [0.25, 0.3) is 0 Å². The third-order valence-corrected chi connectivity index (χ3v) is 21.1. The van der Waals surface area contributed by atoms with E-state index in [0.29, 0.717) is 32.0 Å². The molecule has 0 radical (unpaired) electrons. The zero-order valence-corrected chi connectivity index (χ0v) is 51.1. The van der Waals surface area contributed by atoms with Crippen molar-refractivity contribution in [2.45, 2.75) is 41.5 Å². The molecule has 0 unspecified atom stereocenters. The molecule has 0 fully saturated rings. The molecule has 8 heterocycles. The van der Waals surface area contributed by atoms with Crippen LogP contribution in [0.4, 0.5) is 65.9 Å². The molecule has 11 aromatic rings. The molecule has 5 aromatic carbocycles. The van der Waals surface area contributed by atoms with Crippen molar-refractivity contribution in [1.29, 1.82) is 0 Å². The number of aryl methyl sites for hydroxylation is 6. The van der Waals surface area contributed by atoms with Gasteiger partial charge in [0.05, 0.1) is 5.56 Å². The second-order valence-corrected chi connectivity index (χ2v) is 26.3. The van der Waals surface area contributed by atoms with Crippen LogP contribution in [-0.4, -0.2) is 35.2 Å². The van der Waals surface area contributed by atoms with Gasteiger partial charge in [-0.2, -0.15) is 0 Å². The number of rotatable bonds is 5. The first-order valence-corrected chi connectivity index (χ1v) is 30.8. The summed E-state index contributed by atoms with van der Waals surface area (Å²) in [5.41, 5.74) is -3.06. The number of hydrogen-bond acceptors (Lipinski definition) is 3. The van der Waals surface area contributed by atoms with Crippen molar-refractivity contribution in [3.05, 3.63) is 306 Å². The molecule has 0 saturated heterocycles. The molecule has 0 saturated carbocycles. The van der Waals surface area contributed by atoms with E-state index in [9.17, 15) is 13.2 Å². The van der Waals surface area contributed by atoms with Crippen LogP contribution >= 0.6 is 22.7 Å². The molecule has 91 heavy (non-hydrogen) atoms. The topological polar surface area (TPSA) is 59.7 Å². The number of fused-ring (bicyclic) bond motifs is 15. The molecule has 458 valence electrons. The summed E-state index contributed by atoms with van der Waals surface area (Å²) in [5.74, 6) is -36.6. The van der Waals surface area contributed by atoms with Crippen LogP contribution in [0, 0.1) is 129 Å². The maximum absolute atomic E-state index is 16.6. The molecule has 2 aliphatic heterocycles. The fraction of sp³-hybridized carbons (Fsp3) is 0.0870. The second-order valence-electron chi connectivity index (χ2n) is 21.8. The summed E-state index contributed by atoms with van der Waals surface area (Å²) >= 11 is 2.51. The summed E-state index contributed by atoms with van der Waals surface area (Å²) in [6.07, 6.45) is 1.74. The Kier molecular flexibility index (Phi) is 15.2. The Labute approximate surface area is 519 Å². The van der Waals surface area contributed by atoms with E-state index in [-0.39, 0.29) is 35.9 Å². The Bertz CT molecular complexity index is 5260. The van der Waals surface area contributed by atoms with Crippen LogP contribution in [0.1, 0.15) is 82.3 Å². The predicted octanol–water partition coefficient (Wildman–Crippen LogP) is 15.8. The Morgan fingerprint density at radius 3 is 1.02 bits per heavy atom. The van der Waals surface area contributed by atoms with E-state index >= 15 is 52.7 Å². The number of thiophene rings is 2. The van der Waals surface area contributed by atoms with Crippen molar-refractivity contribution in [3.8, 4) is 18.6 Å². The molecule has 2 aliphatic rings. The number of aromatic amines is 3. The average Bonchev–Trinajstić information content (AvgIpc) is 1.75. The van der Waals surface area contributed by atoms with Crippen LogP contribution in [-0.2, 0) is 0 Å². The van der Waals surface area contributed by atoms with Crippen molar-refractivity contribution >= 4 is 70.8 Å². The predicted molar refractivity (Wildman–Crippen MR) is 321 cm³/mol. The molecule has 6 aromatic heterocycles. The summed E-state index contributed by atoms with van der Waals surface area (Å²) in [6, 6.07) is 26.7. The van der Waals surface area contributed by atoms with Gasteiger partial charge < -0.3 is 0 Å². The number of aromatic nitrogens is 3. The van der Waals surface area contributed by atoms with Crippen LogP contribution in [0.2, 0.25) is 0 Å². The average molecular weight is 1350 g/mol. The first-order valence-electron chi connectivity index (χ1n) is 27.4. The molecule has 13 rings (SSSR count). The normalized spacial score (nSPS) is 16.6. The molecule has 0 aliphatic carbocycles. The van der Waals surface area contributed by atoms with Crippen LogP contribution in [0.25, 0.3) is 46.5 Å². The van der Waals surface area contributed by atoms with Crippen molar-refractivity contribution in [1.82, 2.24) is 15.0 Å². The molecule has 22 heteroatoms. The van der Waals surface area contributed by atoms with Gasteiger partial charge in [0.15, 0.2) is 23.3 Å². The zero-order chi connectivity index (χ0) is 64.7. The van der Waals surface area contributed by atoms with Crippen LogP contribution in [0.3, 0.4) is 0 Å². The Balaban J connectivity index is 1.20. The van der Waals surface area contributed by atoms with Crippen LogP contribution in [0.15, 0.2) is 120 Å². The van der Waals surface area contributed by atoms with E-state index in [4.69, 9.17) is 0 Å². The summed E-state index contributed by atoms with van der Waals surface area (Å²) in [6.45, 7) is 11.3. The van der Waals surface area contributed by atoms with Crippen molar-refractivity contribution < 1.29 is 65.9 Å². The van der Waals surface area contributed by atoms with E-state index in [1.165, 1.54) is 46.9 Å². The second kappa shape index (κ2) is 22.7. The minimum atomic E-state index is -2.62. The van der Waals surface area contributed by atoms with Gasteiger partial charge in [-0.05, 0) is 0 Å². The molecule has 4 nitrogen and oxygen atoms in total. The standard InChI is InChI=1S/C69H39F15N4S2Se/c1-25-21-27(3)45(28(4)22-25)50-37-13-11-35(87-37)48(53-57(72)63(78)68(83)64(79)58(53)73)33-9-7-31(85-33)47(52-55(70)61(76)67(82)62(77)56(52)71)32-8-10-34(86-32)49(54-59(74)65(80)69(84)66(81)60(54)75)36-12-14-38(88-36)51(46-29(5)23-26(2)24-30(46)6)42-18-16-40(90-42)44-20-19-43(91-44)39-15-17-41(50)89-39/h7-24,85,87-88H,1-6H3/b43-39?,44-40?,47-31?,47-32-,48-33?,48-35+,49-34?,49-36+,50-37+,50-41?,51-38+,51-42?. The number of halogens is 15. The molecule has 0 atom stereocenters. The molecule has 0 amide bonds. The first-order chi connectivity index (χ1) is 43.3. The molecular weight excluding hydrogens is 1310 g/mol. The molecular formula is C69H39F15N4S2Se. The van der Waals surface area contributed by atoms with Crippen LogP contribution in [0.5, 0.6) is 0 Å². The third-order valence-electron chi connectivity index (χ3n) is 15.9. The molecule has 0 spiro atoms. The number of allylic oxidation sites excluding steroid dienone is 2.